The van der Waals surface area contributed by atoms with E-state index in [2.05, 4.69) is 21.5 Å². The lowest BCUT2D eigenvalue weighted by molar-refractivity contribution is 0.0690. The molecule has 1 aliphatic carbocycles. The van der Waals surface area contributed by atoms with E-state index in [4.69, 9.17) is 5.11 Å². The van der Waals surface area contributed by atoms with Gasteiger partial charge in [0.25, 0.3) is 0 Å². The van der Waals surface area contributed by atoms with Crippen molar-refractivity contribution in [3.05, 3.63) is 18.0 Å². The van der Waals surface area contributed by atoms with E-state index < -0.39 is 5.97 Å². The van der Waals surface area contributed by atoms with Gasteiger partial charge in [0.2, 0.25) is 5.95 Å². The lowest BCUT2D eigenvalue weighted by Crippen LogP contribution is -2.18. The summed E-state index contributed by atoms with van der Waals surface area (Å²) in [5.74, 6) is -0.611. The maximum Gasteiger partial charge on any atom is 0.354 e. The van der Waals surface area contributed by atoms with Crippen molar-refractivity contribution in [3.63, 3.8) is 0 Å². The van der Waals surface area contributed by atoms with Gasteiger partial charge in [0.05, 0.1) is 0 Å². The van der Waals surface area contributed by atoms with Gasteiger partial charge in [0.15, 0.2) is 5.69 Å². The van der Waals surface area contributed by atoms with E-state index in [1.807, 2.05) is 11.8 Å². The Labute approximate surface area is 104 Å². The van der Waals surface area contributed by atoms with Crippen LogP contribution in [0.5, 0.6) is 0 Å². The molecule has 92 valence electrons. The zero-order chi connectivity index (χ0) is 12.3. The second-order valence-corrected chi connectivity index (χ2v) is 5.22. The monoisotopic (exact) mass is 253 g/mol. The Morgan fingerprint density at radius 1 is 1.59 bits per heavy atom. The number of nitrogens with one attached hydrogen (secondary N) is 1. The molecule has 1 aromatic heterocycles. The van der Waals surface area contributed by atoms with Crippen molar-refractivity contribution >= 4 is 23.7 Å². The highest BCUT2D eigenvalue weighted by Crippen LogP contribution is 2.29. The third-order valence-electron chi connectivity index (χ3n) is 2.93. The summed E-state index contributed by atoms with van der Waals surface area (Å²) in [4.78, 5) is 18.8. The number of carboxylic acids is 1. The van der Waals surface area contributed by atoms with Crippen LogP contribution in [0.2, 0.25) is 0 Å². The second kappa shape index (κ2) is 5.35. The van der Waals surface area contributed by atoms with Crippen LogP contribution in [0.1, 0.15) is 29.8 Å². The molecule has 5 nitrogen and oxygen atoms in total. The molecule has 0 radical (unpaired) electrons. The van der Waals surface area contributed by atoms with Crippen LogP contribution in [-0.4, -0.2) is 38.6 Å². The van der Waals surface area contributed by atoms with Gasteiger partial charge in [-0.2, -0.15) is 11.8 Å². The highest BCUT2D eigenvalue weighted by atomic mass is 32.2. The van der Waals surface area contributed by atoms with E-state index >= 15 is 0 Å². The van der Waals surface area contributed by atoms with Gasteiger partial charge in [-0.1, -0.05) is 0 Å². The SMILES string of the molecule is CSC1CCC(Nc2nccc(C(=O)O)n2)C1. The van der Waals surface area contributed by atoms with Crippen LogP contribution in [0.3, 0.4) is 0 Å². The lowest BCUT2D eigenvalue weighted by Gasteiger charge is -2.12. The molecule has 1 aromatic rings. The van der Waals surface area contributed by atoms with Gasteiger partial charge in [-0.3, -0.25) is 0 Å². The zero-order valence-corrected chi connectivity index (χ0v) is 10.4. The molecular formula is C11H15N3O2S. The summed E-state index contributed by atoms with van der Waals surface area (Å²) in [6.07, 6.45) is 6.96. The highest BCUT2D eigenvalue weighted by molar-refractivity contribution is 7.99. The van der Waals surface area contributed by atoms with E-state index in [1.54, 1.807) is 0 Å². The Bertz CT molecular complexity index is 413. The third-order valence-corrected chi connectivity index (χ3v) is 4.02. The fourth-order valence-electron chi connectivity index (χ4n) is 2.02. The molecule has 2 atom stereocenters. The second-order valence-electron chi connectivity index (χ2n) is 4.08. The molecule has 2 unspecified atom stereocenters. The Morgan fingerprint density at radius 3 is 3.06 bits per heavy atom. The average Bonchev–Trinajstić information content (AvgIpc) is 2.77. The summed E-state index contributed by atoms with van der Waals surface area (Å²) in [5.41, 5.74) is 0.0295. The Balaban J connectivity index is 1.99. The van der Waals surface area contributed by atoms with Gasteiger partial charge in [-0.15, -0.1) is 0 Å². The molecule has 0 aliphatic heterocycles. The first-order valence-electron chi connectivity index (χ1n) is 5.54. The van der Waals surface area contributed by atoms with Crippen molar-refractivity contribution in [3.8, 4) is 0 Å². The van der Waals surface area contributed by atoms with Crippen LogP contribution in [0, 0.1) is 0 Å². The summed E-state index contributed by atoms with van der Waals surface area (Å²) in [6, 6.07) is 1.75. The Hall–Kier alpha value is -1.30. The molecule has 1 aliphatic rings. The molecule has 1 heterocycles. The van der Waals surface area contributed by atoms with Gasteiger partial charge in [0.1, 0.15) is 0 Å². The van der Waals surface area contributed by atoms with Gasteiger partial charge >= 0.3 is 5.97 Å². The fourth-order valence-corrected chi connectivity index (χ4v) is 2.81. The number of carboxylic acid groups (broad SMARTS) is 1. The van der Waals surface area contributed by atoms with Crippen molar-refractivity contribution < 1.29 is 9.90 Å². The Kier molecular flexibility index (Phi) is 3.83. The summed E-state index contributed by atoms with van der Waals surface area (Å²) in [6.45, 7) is 0. The third kappa shape index (κ3) is 3.09. The molecule has 2 N–H and O–H groups in total. The van der Waals surface area contributed by atoms with E-state index in [-0.39, 0.29) is 5.69 Å². The largest absolute Gasteiger partial charge is 0.477 e. The molecule has 0 aromatic carbocycles. The number of carbonyl (C=O) groups is 1. The standard InChI is InChI=1S/C11H15N3O2S/c1-17-8-3-2-7(6-8)13-11-12-5-4-9(14-11)10(15)16/h4-5,7-8H,2-3,6H2,1H3,(H,15,16)(H,12,13,14). The smallest absolute Gasteiger partial charge is 0.354 e. The summed E-state index contributed by atoms with van der Waals surface area (Å²) in [7, 11) is 0. The van der Waals surface area contributed by atoms with E-state index in [0.717, 1.165) is 12.8 Å². The number of hydrogen-bond donors (Lipinski definition) is 2. The van der Waals surface area contributed by atoms with Crippen molar-refractivity contribution in [1.29, 1.82) is 0 Å². The number of anilines is 1. The number of thioether (sulfide) groups is 1. The first-order chi connectivity index (χ1) is 8.19. The summed E-state index contributed by atoms with van der Waals surface area (Å²) >= 11 is 1.88. The lowest BCUT2D eigenvalue weighted by atomic mass is 10.2. The van der Waals surface area contributed by atoms with Crippen molar-refractivity contribution in [2.45, 2.75) is 30.6 Å². The molecule has 0 saturated heterocycles. The molecule has 0 amide bonds. The van der Waals surface area contributed by atoms with E-state index in [1.165, 1.54) is 18.7 Å². The fraction of sp³-hybridized carbons (Fsp3) is 0.545. The normalized spacial score (nSPS) is 23.6. The van der Waals surface area contributed by atoms with Crippen LogP contribution in [-0.2, 0) is 0 Å². The zero-order valence-electron chi connectivity index (χ0n) is 9.59. The highest BCUT2D eigenvalue weighted by Gasteiger charge is 2.24. The first kappa shape index (κ1) is 12.2. The van der Waals surface area contributed by atoms with Crippen molar-refractivity contribution in [2.75, 3.05) is 11.6 Å². The topological polar surface area (TPSA) is 75.1 Å². The van der Waals surface area contributed by atoms with Gasteiger partial charge < -0.3 is 10.4 Å². The van der Waals surface area contributed by atoms with Crippen LogP contribution >= 0.6 is 11.8 Å². The van der Waals surface area contributed by atoms with Gasteiger partial charge in [-0.25, -0.2) is 14.8 Å². The van der Waals surface area contributed by atoms with Crippen LogP contribution in [0.25, 0.3) is 0 Å². The van der Waals surface area contributed by atoms with Crippen LogP contribution in [0.15, 0.2) is 12.3 Å². The average molecular weight is 253 g/mol. The maximum atomic E-state index is 10.8. The molecule has 6 heteroatoms. The molecule has 0 spiro atoms. The van der Waals surface area contributed by atoms with Gasteiger partial charge in [-0.05, 0) is 31.6 Å². The predicted molar refractivity (Wildman–Crippen MR) is 67.6 cm³/mol. The number of aromatic nitrogens is 2. The molecular weight excluding hydrogens is 238 g/mol. The molecule has 2 rings (SSSR count). The maximum absolute atomic E-state index is 10.8. The summed E-state index contributed by atoms with van der Waals surface area (Å²) < 4.78 is 0. The van der Waals surface area contributed by atoms with E-state index in [9.17, 15) is 4.79 Å². The number of hydrogen-bond acceptors (Lipinski definition) is 5. The minimum absolute atomic E-state index is 0.0295. The minimum Gasteiger partial charge on any atom is -0.477 e. The van der Waals surface area contributed by atoms with E-state index in [0.29, 0.717) is 17.2 Å². The molecule has 1 saturated carbocycles. The molecule has 1 fully saturated rings. The first-order valence-corrected chi connectivity index (χ1v) is 6.83. The predicted octanol–water partition coefficient (Wildman–Crippen LogP) is 1.87. The summed E-state index contributed by atoms with van der Waals surface area (Å²) in [5, 5.41) is 12.7. The quantitative estimate of drug-likeness (QED) is 0.853. The minimum atomic E-state index is -1.02. The van der Waals surface area contributed by atoms with Crippen LogP contribution in [0.4, 0.5) is 5.95 Å². The molecule has 0 bridgehead atoms. The van der Waals surface area contributed by atoms with Crippen molar-refractivity contribution in [1.82, 2.24) is 9.97 Å². The Morgan fingerprint density at radius 2 is 2.41 bits per heavy atom. The number of rotatable bonds is 4. The number of aromatic carboxylic acids is 1. The van der Waals surface area contributed by atoms with Gasteiger partial charge in [0, 0.05) is 17.5 Å². The van der Waals surface area contributed by atoms with Crippen molar-refractivity contribution in [2.24, 2.45) is 0 Å². The number of nitrogens with zero attached hydrogens (tertiary/aromatic N) is 2. The van der Waals surface area contributed by atoms with Crippen LogP contribution < -0.4 is 5.32 Å². The molecule has 17 heavy (non-hydrogen) atoms.